The van der Waals surface area contributed by atoms with Gasteiger partial charge in [0.1, 0.15) is 30.5 Å². The van der Waals surface area contributed by atoms with Gasteiger partial charge in [-0.25, -0.2) is 0 Å². The predicted octanol–water partition coefficient (Wildman–Crippen LogP) is 10.1. The maximum Gasteiger partial charge on any atom is 0.220 e. The average Bonchev–Trinajstić information content (AvgIpc) is 3.23. The Morgan fingerprint density at radius 2 is 0.881 bits per heavy atom. The van der Waals surface area contributed by atoms with Crippen molar-refractivity contribution >= 4 is 5.91 Å². The van der Waals surface area contributed by atoms with E-state index in [1.165, 1.54) is 180 Å². The molecule has 0 aliphatic carbocycles. The van der Waals surface area contributed by atoms with Crippen LogP contribution in [0.3, 0.4) is 0 Å². The van der Waals surface area contributed by atoms with Crippen LogP contribution in [0.4, 0.5) is 0 Å². The summed E-state index contributed by atoms with van der Waals surface area (Å²) in [6.45, 7) is 3.63. The first-order valence-corrected chi connectivity index (χ1v) is 25.3. The van der Waals surface area contributed by atoms with Crippen molar-refractivity contribution in [2.75, 3.05) is 13.2 Å². The van der Waals surface area contributed by atoms with Crippen LogP contribution < -0.4 is 5.32 Å². The molecular weight excluding hydrogens is 747 g/mol. The number of unbranched alkanes of at least 4 members (excludes halogenated alkanes) is 32. The molecule has 8 atom stereocenters. The van der Waals surface area contributed by atoms with Crippen LogP contribution in [0.2, 0.25) is 0 Å². The third-order valence-corrected chi connectivity index (χ3v) is 12.6. The molecule has 59 heavy (non-hydrogen) atoms. The highest BCUT2D eigenvalue weighted by Gasteiger charge is 2.44. The van der Waals surface area contributed by atoms with Gasteiger partial charge in [-0.3, -0.25) is 4.79 Å². The van der Waals surface area contributed by atoms with Gasteiger partial charge in [-0.05, 0) is 12.8 Å². The molecule has 1 heterocycles. The molecule has 0 aromatic heterocycles. The zero-order valence-corrected chi connectivity index (χ0v) is 38.4. The second-order valence-corrected chi connectivity index (χ2v) is 18.1. The van der Waals surface area contributed by atoms with Gasteiger partial charge in [0.05, 0.1) is 25.4 Å². The van der Waals surface area contributed by atoms with Gasteiger partial charge in [0.15, 0.2) is 6.29 Å². The average molecular weight is 844 g/mol. The molecule has 0 aromatic rings. The number of nitrogens with one attached hydrogen (secondary N) is 1. The summed E-state index contributed by atoms with van der Waals surface area (Å²) in [6, 6.07) is -0.984. The van der Waals surface area contributed by atoms with Crippen LogP contribution in [-0.4, -0.2) is 98.7 Å². The number of carbonyl (C=O) groups is 1. The van der Waals surface area contributed by atoms with Gasteiger partial charge in [0.25, 0.3) is 0 Å². The van der Waals surface area contributed by atoms with Crippen LogP contribution in [0.1, 0.15) is 245 Å². The number of amides is 1. The minimum atomic E-state index is -1.60. The molecular formula is C49H97NO9. The van der Waals surface area contributed by atoms with Crippen molar-refractivity contribution in [1.82, 2.24) is 5.32 Å². The Bertz CT molecular complexity index is 911. The number of hydrogen-bond donors (Lipinski definition) is 7. The van der Waals surface area contributed by atoms with E-state index in [2.05, 4.69) is 19.2 Å². The summed E-state index contributed by atoms with van der Waals surface area (Å²) in [5.74, 6) is -0.253. The second-order valence-electron chi connectivity index (χ2n) is 18.1. The molecule has 10 nitrogen and oxygen atoms in total. The zero-order valence-electron chi connectivity index (χ0n) is 38.4. The number of aliphatic hydroxyl groups is 6. The van der Waals surface area contributed by atoms with Crippen molar-refractivity contribution in [1.29, 1.82) is 0 Å². The fourth-order valence-corrected chi connectivity index (χ4v) is 8.44. The van der Waals surface area contributed by atoms with Gasteiger partial charge in [0, 0.05) is 6.42 Å². The maximum atomic E-state index is 13.0. The lowest BCUT2D eigenvalue weighted by Gasteiger charge is -2.40. The molecule has 1 saturated heterocycles. The number of hydrogen-bond acceptors (Lipinski definition) is 9. The highest BCUT2D eigenvalue weighted by atomic mass is 16.7. The largest absolute Gasteiger partial charge is 0.394 e. The van der Waals surface area contributed by atoms with E-state index in [-0.39, 0.29) is 18.9 Å². The second kappa shape index (κ2) is 40.0. The smallest absolute Gasteiger partial charge is 0.220 e. The SMILES string of the molecule is CCCCCCCCCCCCCCCCCCCCCCCCC(=O)N[C@@H](CO[C@@H]1O[C@H](CO)[C@H](O)C(O)C1O)[C@H](O)[C@H](O)CCCCCCCCCCCCCC. The van der Waals surface area contributed by atoms with Crippen LogP contribution in [0.15, 0.2) is 0 Å². The van der Waals surface area contributed by atoms with Gasteiger partial charge < -0.3 is 45.4 Å². The molecule has 1 amide bonds. The Kier molecular flexibility index (Phi) is 38.0. The lowest BCUT2D eigenvalue weighted by atomic mass is 9.98. The van der Waals surface area contributed by atoms with E-state index in [1.54, 1.807) is 0 Å². The van der Waals surface area contributed by atoms with E-state index in [0.717, 1.165) is 38.5 Å². The summed E-state index contributed by atoms with van der Waals surface area (Å²) in [7, 11) is 0. The first-order chi connectivity index (χ1) is 28.8. The standard InChI is InChI=1S/C49H97NO9/c1-3-5-7-9-11-13-15-17-18-19-20-21-22-23-24-25-26-28-30-32-34-36-38-44(53)50-41(40-58-49-48(57)47(56)46(55)43(39-51)59-49)45(54)42(52)37-35-33-31-29-27-16-14-12-10-8-6-4-2/h41-43,45-49,51-52,54-57H,3-40H2,1-2H3,(H,50,53)/t41-,42+,43+,45-,46-,47?,48?,49+/m0/s1. The highest BCUT2D eigenvalue weighted by Crippen LogP contribution is 2.23. The topological polar surface area (TPSA) is 169 Å². The van der Waals surface area contributed by atoms with E-state index in [0.29, 0.717) is 6.42 Å². The third kappa shape index (κ3) is 30.0. The van der Waals surface area contributed by atoms with Crippen LogP contribution in [-0.2, 0) is 14.3 Å². The van der Waals surface area contributed by atoms with Crippen LogP contribution in [0.5, 0.6) is 0 Å². The van der Waals surface area contributed by atoms with Crippen LogP contribution >= 0.6 is 0 Å². The fourth-order valence-electron chi connectivity index (χ4n) is 8.44. The Balaban J connectivity index is 2.28. The number of rotatable bonds is 43. The normalized spacial score (nSPS) is 21.1. The molecule has 7 N–H and O–H groups in total. The molecule has 1 aliphatic rings. The highest BCUT2D eigenvalue weighted by molar-refractivity contribution is 5.76. The molecule has 0 radical (unpaired) electrons. The van der Waals surface area contributed by atoms with E-state index in [4.69, 9.17) is 9.47 Å². The number of carbonyl (C=O) groups excluding carboxylic acids is 1. The molecule has 352 valence electrons. The molecule has 2 unspecified atom stereocenters. The predicted molar refractivity (Wildman–Crippen MR) is 241 cm³/mol. The molecule has 0 bridgehead atoms. The fraction of sp³-hybridized carbons (Fsp3) is 0.980. The first kappa shape index (κ1) is 56.2. The molecule has 0 saturated carbocycles. The molecule has 1 fully saturated rings. The van der Waals surface area contributed by atoms with Gasteiger partial charge in [0.2, 0.25) is 5.91 Å². The van der Waals surface area contributed by atoms with Crippen LogP contribution in [0, 0.1) is 0 Å². The minimum absolute atomic E-state index is 0.253. The summed E-state index contributed by atoms with van der Waals surface area (Å²) < 4.78 is 11.2. The summed E-state index contributed by atoms with van der Waals surface area (Å²) in [6.07, 6.45) is 34.0. The Morgan fingerprint density at radius 1 is 0.525 bits per heavy atom. The van der Waals surface area contributed by atoms with Gasteiger partial charge in [-0.2, -0.15) is 0 Å². The van der Waals surface area contributed by atoms with E-state index in [1.807, 2.05) is 0 Å². The molecule has 1 rings (SSSR count). The molecule has 1 aliphatic heterocycles. The first-order valence-electron chi connectivity index (χ1n) is 25.3. The lowest BCUT2D eigenvalue weighted by molar-refractivity contribution is -0.303. The molecule has 0 spiro atoms. The third-order valence-electron chi connectivity index (χ3n) is 12.6. The molecule has 0 aromatic carbocycles. The number of aliphatic hydroxyl groups excluding tert-OH is 6. The van der Waals surface area contributed by atoms with Gasteiger partial charge in [-0.1, -0.05) is 226 Å². The number of ether oxygens (including phenoxy) is 2. The van der Waals surface area contributed by atoms with Gasteiger partial charge in [-0.15, -0.1) is 0 Å². The van der Waals surface area contributed by atoms with E-state index in [9.17, 15) is 35.4 Å². The van der Waals surface area contributed by atoms with E-state index < -0.39 is 55.6 Å². The van der Waals surface area contributed by atoms with Crippen molar-refractivity contribution in [3.63, 3.8) is 0 Å². The lowest BCUT2D eigenvalue weighted by Crippen LogP contribution is -2.60. The zero-order chi connectivity index (χ0) is 43.2. The van der Waals surface area contributed by atoms with Crippen molar-refractivity contribution in [3.8, 4) is 0 Å². The molecule has 10 heteroatoms. The Labute approximate surface area is 362 Å². The monoisotopic (exact) mass is 844 g/mol. The maximum absolute atomic E-state index is 13.0. The van der Waals surface area contributed by atoms with Crippen molar-refractivity contribution in [2.24, 2.45) is 0 Å². The summed E-state index contributed by atoms with van der Waals surface area (Å²) in [5, 5.41) is 65.2. The Morgan fingerprint density at radius 3 is 1.25 bits per heavy atom. The summed E-state index contributed by atoms with van der Waals surface area (Å²) in [5.41, 5.74) is 0. The Hall–Kier alpha value is -0.850. The van der Waals surface area contributed by atoms with Crippen molar-refractivity contribution in [2.45, 2.75) is 294 Å². The quantitative estimate of drug-likeness (QED) is 0.0296. The summed E-state index contributed by atoms with van der Waals surface area (Å²) >= 11 is 0. The minimum Gasteiger partial charge on any atom is -0.394 e. The summed E-state index contributed by atoms with van der Waals surface area (Å²) in [4.78, 5) is 13.0. The van der Waals surface area contributed by atoms with Gasteiger partial charge >= 0.3 is 0 Å². The van der Waals surface area contributed by atoms with Crippen molar-refractivity contribution < 1.29 is 44.9 Å². The van der Waals surface area contributed by atoms with E-state index >= 15 is 0 Å². The van der Waals surface area contributed by atoms with Crippen LogP contribution in [0.25, 0.3) is 0 Å². The van der Waals surface area contributed by atoms with Crippen molar-refractivity contribution in [3.05, 3.63) is 0 Å².